The van der Waals surface area contributed by atoms with Crippen molar-refractivity contribution in [2.24, 2.45) is 0 Å². The Bertz CT molecular complexity index is 557. The Hall–Kier alpha value is -1.92. The van der Waals surface area contributed by atoms with Gasteiger partial charge in [0.2, 0.25) is 5.91 Å². The van der Waals surface area contributed by atoms with Crippen LogP contribution in [-0.4, -0.2) is 48.4 Å². The first-order chi connectivity index (χ1) is 11.8. The molecule has 2 unspecified atom stereocenters. The molecule has 2 aliphatic heterocycles. The Morgan fingerprint density at radius 1 is 1.17 bits per heavy atom. The van der Waals surface area contributed by atoms with Crippen molar-refractivity contribution in [3.8, 4) is 0 Å². The molecule has 0 bridgehead atoms. The average molecular weight is 330 g/mol. The Balaban J connectivity index is 1.50. The highest BCUT2D eigenvalue weighted by Gasteiger charge is 2.32. The molecule has 3 N–H and O–H groups in total. The lowest BCUT2D eigenvalue weighted by molar-refractivity contribution is -0.137. The van der Waals surface area contributed by atoms with E-state index in [4.69, 9.17) is 0 Å². The lowest BCUT2D eigenvalue weighted by Crippen LogP contribution is -2.52. The van der Waals surface area contributed by atoms with E-state index < -0.39 is 0 Å². The molecule has 0 aromatic heterocycles. The number of hydrazine groups is 1. The molecule has 0 spiro atoms. The highest BCUT2D eigenvalue weighted by atomic mass is 16.2. The molecule has 2 amide bonds. The molecule has 130 valence electrons. The number of benzene rings is 1. The van der Waals surface area contributed by atoms with E-state index in [-0.39, 0.29) is 23.9 Å². The van der Waals surface area contributed by atoms with E-state index in [0.29, 0.717) is 12.1 Å². The maximum Gasteiger partial charge on any atom is 0.251 e. The Kier molecular flexibility index (Phi) is 5.82. The van der Waals surface area contributed by atoms with Crippen LogP contribution in [0.5, 0.6) is 0 Å². The third-order valence-electron chi connectivity index (χ3n) is 4.84. The van der Waals surface area contributed by atoms with Gasteiger partial charge in [0.05, 0.1) is 0 Å². The van der Waals surface area contributed by atoms with Gasteiger partial charge >= 0.3 is 0 Å². The van der Waals surface area contributed by atoms with Gasteiger partial charge in [-0.05, 0) is 44.2 Å². The Morgan fingerprint density at radius 2 is 2.00 bits per heavy atom. The lowest BCUT2D eigenvalue weighted by Gasteiger charge is -2.37. The number of piperidine rings is 1. The number of amides is 2. The summed E-state index contributed by atoms with van der Waals surface area (Å²) >= 11 is 0. The van der Waals surface area contributed by atoms with Crippen LogP contribution in [0, 0.1) is 0 Å². The van der Waals surface area contributed by atoms with E-state index in [9.17, 15) is 9.59 Å². The number of rotatable bonds is 5. The summed E-state index contributed by atoms with van der Waals surface area (Å²) in [5.74, 6) is 0.144. The molecule has 1 aromatic rings. The van der Waals surface area contributed by atoms with E-state index in [0.717, 1.165) is 45.2 Å². The normalized spacial score (nSPS) is 23.9. The summed E-state index contributed by atoms with van der Waals surface area (Å²) in [6.07, 6.45) is 4.89. The molecule has 1 aromatic carbocycles. The number of hydrogen-bond donors (Lipinski definition) is 3. The molecule has 2 atom stereocenters. The van der Waals surface area contributed by atoms with Gasteiger partial charge in [-0.3, -0.25) is 15.0 Å². The van der Waals surface area contributed by atoms with Crippen molar-refractivity contribution in [3.05, 3.63) is 35.9 Å². The molecule has 0 aliphatic carbocycles. The molecule has 24 heavy (non-hydrogen) atoms. The van der Waals surface area contributed by atoms with Crippen molar-refractivity contribution in [3.63, 3.8) is 0 Å². The summed E-state index contributed by atoms with van der Waals surface area (Å²) in [4.78, 5) is 26.8. The summed E-state index contributed by atoms with van der Waals surface area (Å²) in [6, 6.07) is 9.36. The zero-order valence-electron chi connectivity index (χ0n) is 14.0. The van der Waals surface area contributed by atoms with Gasteiger partial charge in [-0.1, -0.05) is 18.2 Å². The van der Waals surface area contributed by atoms with Crippen molar-refractivity contribution < 1.29 is 9.59 Å². The molecule has 0 saturated carbocycles. The van der Waals surface area contributed by atoms with Gasteiger partial charge in [-0.15, -0.1) is 0 Å². The fourth-order valence-electron chi connectivity index (χ4n) is 3.50. The second-order valence-electron chi connectivity index (χ2n) is 6.50. The highest BCUT2D eigenvalue weighted by molar-refractivity contribution is 5.94. The largest absolute Gasteiger partial charge is 0.352 e. The van der Waals surface area contributed by atoms with Gasteiger partial charge in [0.15, 0.2) is 0 Å². The number of hydrogen-bond acceptors (Lipinski definition) is 4. The minimum atomic E-state index is -0.107. The molecular weight excluding hydrogens is 304 g/mol. The zero-order chi connectivity index (χ0) is 16.8. The lowest BCUT2D eigenvalue weighted by atomic mass is 9.98. The van der Waals surface area contributed by atoms with Gasteiger partial charge in [0, 0.05) is 31.2 Å². The van der Waals surface area contributed by atoms with Crippen LogP contribution in [-0.2, 0) is 4.79 Å². The van der Waals surface area contributed by atoms with E-state index in [1.165, 1.54) is 0 Å². The van der Waals surface area contributed by atoms with E-state index in [2.05, 4.69) is 16.2 Å². The third-order valence-corrected chi connectivity index (χ3v) is 4.84. The maximum absolute atomic E-state index is 12.7. The molecule has 0 radical (unpaired) electrons. The third kappa shape index (κ3) is 4.13. The average Bonchev–Trinajstić information content (AvgIpc) is 3.17. The Labute approximate surface area is 143 Å². The quantitative estimate of drug-likeness (QED) is 0.755. The van der Waals surface area contributed by atoms with Gasteiger partial charge in [0.1, 0.15) is 6.04 Å². The smallest absolute Gasteiger partial charge is 0.251 e. The van der Waals surface area contributed by atoms with Crippen molar-refractivity contribution >= 4 is 11.8 Å². The first kappa shape index (κ1) is 16.9. The van der Waals surface area contributed by atoms with Crippen molar-refractivity contribution in [2.75, 3.05) is 19.6 Å². The predicted octanol–water partition coefficient (Wildman–Crippen LogP) is 1.05. The molecule has 2 aliphatic rings. The van der Waals surface area contributed by atoms with Crippen LogP contribution in [0.2, 0.25) is 0 Å². The number of carbonyl (C=O) groups is 2. The van der Waals surface area contributed by atoms with E-state index in [1.54, 1.807) is 0 Å². The topological polar surface area (TPSA) is 73.5 Å². The summed E-state index contributed by atoms with van der Waals surface area (Å²) in [5, 5.41) is 2.97. The van der Waals surface area contributed by atoms with Crippen molar-refractivity contribution in [1.82, 2.24) is 21.1 Å². The number of nitrogens with one attached hydrogen (secondary N) is 3. The summed E-state index contributed by atoms with van der Waals surface area (Å²) in [6.45, 7) is 2.26. The fourth-order valence-corrected chi connectivity index (χ4v) is 3.50. The monoisotopic (exact) mass is 330 g/mol. The zero-order valence-corrected chi connectivity index (χ0v) is 14.0. The standard InChI is InChI=1S/C18H26N4O2/c23-17(14-6-2-1-3-7-14)19-11-9-15-8-4-5-13-22(15)18(24)16-10-12-20-21-16/h1-3,6-7,15-16,20-21H,4-5,8-13H2,(H,19,23). The van der Waals surface area contributed by atoms with Crippen molar-refractivity contribution in [1.29, 1.82) is 0 Å². The van der Waals surface area contributed by atoms with Gasteiger partial charge in [-0.2, -0.15) is 0 Å². The first-order valence-electron chi connectivity index (χ1n) is 8.88. The van der Waals surface area contributed by atoms with Gasteiger partial charge < -0.3 is 10.2 Å². The highest BCUT2D eigenvalue weighted by Crippen LogP contribution is 2.21. The van der Waals surface area contributed by atoms with E-state index >= 15 is 0 Å². The van der Waals surface area contributed by atoms with Crippen LogP contribution < -0.4 is 16.2 Å². The first-order valence-corrected chi connectivity index (χ1v) is 8.88. The number of likely N-dealkylation sites (tertiary alicyclic amines) is 1. The molecule has 2 heterocycles. The van der Waals surface area contributed by atoms with Crippen molar-refractivity contribution in [2.45, 2.75) is 44.2 Å². The Morgan fingerprint density at radius 3 is 2.75 bits per heavy atom. The predicted molar refractivity (Wildman–Crippen MR) is 92.3 cm³/mol. The SMILES string of the molecule is O=C(NCCC1CCCCN1C(=O)C1CCNN1)c1ccccc1. The number of nitrogens with zero attached hydrogens (tertiary/aromatic N) is 1. The molecule has 6 nitrogen and oxygen atoms in total. The van der Waals surface area contributed by atoms with Crippen LogP contribution in [0.1, 0.15) is 42.5 Å². The number of carbonyl (C=O) groups excluding carboxylic acids is 2. The van der Waals surface area contributed by atoms with E-state index in [1.807, 2.05) is 35.2 Å². The van der Waals surface area contributed by atoms with Crippen LogP contribution in [0.3, 0.4) is 0 Å². The maximum atomic E-state index is 12.7. The summed E-state index contributed by atoms with van der Waals surface area (Å²) in [7, 11) is 0. The molecule has 6 heteroatoms. The fraction of sp³-hybridized carbons (Fsp3) is 0.556. The second kappa shape index (κ2) is 8.26. The van der Waals surface area contributed by atoms with Gasteiger partial charge in [0.25, 0.3) is 5.91 Å². The molecular formula is C18H26N4O2. The van der Waals surface area contributed by atoms with Crippen LogP contribution in [0.15, 0.2) is 30.3 Å². The minimum absolute atomic E-state index is 0.0501. The summed E-state index contributed by atoms with van der Waals surface area (Å²) in [5.41, 5.74) is 6.76. The minimum Gasteiger partial charge on any atom is -0.352 e. The summed E-state index contributed by atoms with van der Waals surface area (Å²) < 4.78 is 0. The molecule has 3 rings (SSSR count). The molecule has 2 fully saturated rings. The van der Waals surface area contributed by atoms with Crippen LogP contribution in [0.25, 0.3) is 0 Å². The van der Waals surface area contributed by atoms with Gasteiger partial charge in [-0.25, -0.2) is 5.43 Å². The van der Waals surface area contributed by atoms with Crippen LogP contribution >= 0.6 is 0 Å². The molecule has 2 saturated heterocycles. The second-order valence-corrected chi connectivity index (χ2v) is 6.50. The van der Waals surface area contributed by atoms with Crippen LogP contribution in [0.4, 0.5) is 0 Å².